The first kappa shape index (κ1) is 22.6. The van der Waals surface area contributed by atoms with Crippen molar-refractivity contribution in [3.05, 3.63) is 58.6 Å². The van der Waals surface area contributed by atoms with Crippen molar-refractivity contribution in [2.24, 2.45) is 5.92 Å². The smallest absolute Gasteiger partial charge is 0.308 e. The van der Waals surface area contributed by atoms with E-state index in [2.05, 4.69) is 5.32 Å². The van der Waals surface area contributed by atoms with Crippen molar-refractivity contribution in [2.45, 2.75) is 19.8 Å². The summed E-state index contributed by atoms with van der Waals surface area (Å²) in [7, 11) is 1.51. The van der Waals surface area contributed by atoms with Gasteiger partial charge in [0.25, 0.3) is 11.8 Å². The molecule has 0 spiro atoms. The Morgan fingerprint density at radius 2 is 1.87 bits per heavy atom. The maximum absolute atomic E-state index is 12.8. The Morgan fingerprint density at radius 3 is 2.55 bits per heavy atom. The molecule has 0 bridgehead atoms. The molecule has 0 unspecified atom stereocenters. The van der Waals surface area contributed by atoms with Crippen LogP contribution in [0.5, 0.6) is 11.5 Å². The average molecular weight is 445 g/mol. The molecule has 0 radical (unpaired) electrons. The largest absolute Gasteiger partial charge is 0.496 e. The van der Waals surface area contributed by atoms with Crippen LogP contribution < -0.4 is 14.8 Å². The monoisotopic (exact) mass is 444 g/mol. The molecule has 2 aromatic rings. The number of rotatable bonds is 6. The number of methoxy groups -OCH3 is 1. The molecule has 1 fully saturated rings. The average Bonchev–Trinajstić information content (AvgIpc) is 2.77. The number of piperidine rings is 1. The number of nitrogens with zero attached hydrogens (tertiary/aromatic N) is 1. The summed E-state index contributed by atoms with van der Waals surface area (Å²) in [6, 6.07) is 11.5. The number of nitrogens with one attached hydrogen (secondary N) is 1. The van der Waals surface area contributed by atoms with Gasteiger partial charge >= 0.3 is 5.97 Å². The molecule has 1 saturated heterocycles. The van der Waals surface area contributed by atoms with Crippen molar-refractivity contribution in [3.63, 3.8) is 0 Å². The van der Waals surface area contributed by atoms with Gasteiger partial charge in [-0.3, -0.25) is 14.4 Å². The molecular formula is C23H25ClN2O5. The topological polar surface area (TPSA) is 84.9 Å². The van der Waals surface area contributed by atoms with E-state index in [9.17, 15) is 14.4 Å². The van der Waals surface area contributed by atoms with E-state index in [0.29, 0.717) is 47.3 Å². The lowest BCUT2D eigenvalue weighted by Crippen LogP contribution is -2.41. The number of halogens is 1. The van der Waals surface area contributed by atoms with Crippen LogP contribution in [-0.4, -0.2) is 49.4 Å². The number of amides is 2. The Kier molecular flexibility index (Phi) is 7.52. The van der Waals surface area contributed by atoms with Crippen molar-refractivity contribution in [2.75, 3.05) is 26.7 Å². The summed E-state index contributed by atoms with van der Waals surface area (Å²) < 4.78 is 10.3. The summed E-state index contributed by atoms with van der Waals surface area (Å²) in [5.41, 5.74) is 0.883. The molecule has 1 aliphatic heterocycles. The maximum Gasteiger partial charge on any atom is 0.308 e. The molecule has 31 heavy (non-hydrogen) atoms. The van der Waals surface area contributed by atoms with E-state index in [0.717, 1.165) is 12.8 Å². The van der Waals surface area contributed by atoms with Gasteiger partial charge in [0.1, 0.15) is 11.5 Å². The number of hydrogen-bond acceptors (Lipinski definition) is 5. The van der Waals surface area contributed by atoms with Gasteiger partial charge in [-0.1, -0.05) is 17.7 Å². The van der Waals surface area contributed by atoms with Crippen molar-refractivity contribution in [1.82, 2.24) is 10.2 Å². The van der Waals surface area contributed by atoms with E-state index >= 15 is 0 Å². The van der Waals surface area contributed by atoms with E-state index in [4.69, 9.17) is 21.1 Å². The first-order chi connectivity index (χ1) is 14.9. The molecule has 2 amide bonds. The molecule has 0 aromatic heterocycles. The van der Waals surface area contributed by atoms with Gasteiger partial charge in [0.15, 0.2) is 0 Å². The van der Waals surface area contributed by atoms with Crippen molar-refractivity contribution in [1.29, 1.82) is 0 Å². The molecular weight excluding hydrogens is 420 g/mol. The Bertz CT molecular complexity index is 970. The lowest BCUT2D eigenvalue weighted by molar-refractivity contribution is -0.131. The molecule has 8 heteroatoms. The summed E-state index contributed by atoms with van der Waals surface area (Å²) >= 11 is 6.00. The number of hydrogen-bond donors (Lipinski definition) is 1. The number of likely N-dealkylation sites (tertiary alicyclic amines) is 1. The quantitative estimate of drug-likeness (QED) is 0.544. The lowest BCUT2D eigenvalue weighted by atomic mass is 9.96. The first-order valence-electron chi connectivity index (χ1n) is 10.1. The van der Waals surface area contributed by atoms with Crippen LogP contribution in [0.1, 0.15) is 40.5 Å². The standard InChI is InChI=1S/C23H25ClN2O5/c1-15(27)31-19-5-3-4-17(12-19)23(29)26-10-8-16(9-11-26)14-25-22(28)20-13-18(24)6-7-21(20)30-2/h3-7,12-13,16H,8-11,14H2,1-2H3,(H,25,28). The van der Waals surface area contributed by atoms with E-state index in [1.807, 2.05) is 0 Å². The minimum absolute atomic E-state index is 0.0971. The zero-order chi connectivity index (χ0) is 22.4. The van der Waals surface area contributed by atoms with Crippen molar-refractivity contribution >= 4 is 29.4 Å². The van der Waals surface area contributed by atoms with E-state index in [1.165, 1.54) is 14.0 Å². The minimum Gasteiger partial charge on any atom is -0.496 e. The van der Waals surface area contributed by atoms with Crippen LogP contribution in [-0.2, 0) is 4.79 Å². The van der Waals surface area contributed by atoms with Crippen LogP contribution in [0.15, 0.2) is 42.5 Å². The lowest BCUT2D eigenvalue weighted by Gasteiger charge is -2.32. The third-order valence-corrected chi connectivity index (χ3v) is 5.44. The zero-order valence-corrected chi connectivity index (χ0v) is 18.3. The van der Waals surface area contributed by atoms with Gasteiger partial charge in [-0.15, -0.1) is 0 Å². The highest BCUT2D eigenvalue weighted by atomic mass is 35.5. The molecule has 164 valence electrons. The third kappa shape index (κ3) is 5.98. The highest BCUT2D eigenvalue weighted by molar-refractivity contribution is 6.31. The minimum atomic E-state index is -0.428. The van der Waals surface area contributed by atoms with Gasteiger partial charge < -0.3 is 19.7 Å². The molecule has 0 saturated carbocycles. The van der Waals surface area contributed by atoms with Crippen LogP contribution in [0.3, 0.4) is 0 Å². The summed E-state index contributed by atoms with van der Waals surface area (Å²) in [5, 5.41) is 3.41. The second kappa shape index (κ2) is 10.3. The highest BCUT2D eigenvalue weighted by Gasteiger charge is 2.25. The second-order valence-electron chi connectivity index (χ2n) is 7.41. The predicted molar refractivity (Wildman–Crippen MR) is 117 cm³/mol. The molecule has 0 aliphatic carbocycles. The summed E-state index contributed by atoms with van der Waals surface area (Å²) in [6.45, 7) is 3.02. The molecule has 2 aromatic carbocycles. The first-order valence-corrected chi connectivity index (χ1v) is 10.4. The number of esters is 1. The van der Waals surface area contributed by atoms with Crippen LogP contribution >= 0.6 is 11.6 Å². The van der Waals surface area contributed by atoms with E-state index in [-0.39, 0.29) is 17.7 Å². The van der Waals surface area contributed by atoms with Crippen molar-refractivity contribution < 1.29 is 23.9 Å². The second-order valence-corrected chi connectivity index (χ2v) is 7.85. The molecule has 7 nitrogen and oxygen atoms in total. The summed E-state index contributed by atoms with van der Waals surface area (Å²) in [5.74, 6) is 0.333. The third-order valence-electron chi connectivity index (χ3n) is 5.20. The predicted octanol–water partition coefficient (Wildman–Crippen LogP) is 3.56. The summed E-state index contributed by atoms with van der Waals surface area (Å²) in [4.78, 5) is 38.2. The van der Waals surface area contributed by atoms with Gasteiger partial charge in [-0.05, 0) is 55.2 Å². The Hall–Kier alpha value is -3.06. The molecule has 1 aliphatic rings. The zero-order valence-electron chi connectivity index (χ0n) is 17.5. The fourth-order valence-electron chi connectivity index (χ4n) is 3.57. The normalized spacial score (nSPS) is 14.1. The SMILES string of the molecule is COc1ccc(Cl)cc1C(=O)NCC1CCN(C(=O)c2cccc(OC(C)=O)c2)CC1. The van der Waals surface area contributed by atoms with Crippen LogP contribution in [0.4, 0.5) is 0 Å². The fourth-order valence-corrected chi connectivity index (χ4v) is 3.74. The number of ether oxygens (including phenoxy) is 2. The Labute approximate surface area is 186 Å². The Morgan fingerprint density at radius 1 is 1.13 bits per heavy atom. The molecule has 3 rings (SSSR count). The van der Waals surface area contributed by atoms with Gasteiger partial charge in [0, 0.05) is 37.1 Å². The van der Waals surface area contributed by atoms with Gasteiger partial charge in [0.05, 0.1) is 12.7 Å². The number of benzene rings is 2. The van der Waals surface area contributed by atoms with Gasteiger partial charge in [0.2, 0.25) is 0 Å². The molecule has 0 atom stereocenters. The summed E-state index contributed by atoms with van der Waals surface area (Å²) in [6.07, 6.45) is 1.56. The van der Waals surface area contributed by atoms with E-state index < -0.39 is 5.97 Å². The van der Waals surface area contributed by atoms with Crippen molar-refractivity contribution in [3.8, 4) is 11.5 Å². The van der Waals surface area contributed by atoms with Gasteiger partial charge in [-0.25, -0.2) is 0 Å². The molecule has 1 N–H and O–H groups in total. The fraction of sp³-hybridized carbons (Fsp3) is 0.348. The van der Waals surface area contributed by atoms with E-state index in [1.54, 1.807) is 47.4 Å². The molecule has 1 heterocycles. The maximum atomic E-state index is 12.8. The van der Waals surface area contributed by atoms with Crippen LogP contribution in [0.25, 0.3) is 0 Å². The number of carbonyl (C=O) groups is 3. The van der Waals surface area contributed by atoms with Crippen LogP contribution in [0.2, 0.25) is 5.02 Å². The Balaban J connectivity index is 1.52. The number of carbonyl (C=O) groups excluding carboxylic acids is 3. The van der Waals surface area contributed by atoms with Crippen LogP contribution in [0, 0.1) is 5.92 Å². The van der Waals surface area contributed by atoms with Gasteiger partial charge in [-0.2, -0.15) is 0 Å². The highest BCUT2D eigenvalue weighted by Crippen LogP contribution is 2.24.